The summed E-state index contributed by atoms with van der Waals surface area (Å²) in [6.07, 6.45) is 0.436. The van der Waals surface area contributed by atoms with Gasteiger partial charge in [-0.15, -0.1) is 0 Å². The second-order valence-electron chi connectivity index (χ2n) is 10.8. The van der Waals surface area contributed by atoms with Crippen LogP contribution in [0.2, 0.25) is 23.7 Å². The number of fused-ring (bicyclic) bond motifs is 2. The molecule has 0 aliphatic carbocycles. The van der Waals surface area contributed by atoms with Gasteiger partial charge in [0.15, 0.2) is 5.60 Å². The first-order valence-corrected chi connectivity index (χ1v) is 16.4. The summed E-state index contributed by atoms with van der Waals surface area (Å²) in [6.45, 7) is 5.22. The highest BCUT2D eigenvalue weighted by atomic mass is 35.5. The lowest BCUT2D eigenvalue weighted by Crippen LogP contribution is -2.45. The number of ether oxygens (including phenoxy) is 1. The van der Waals surface area contributed by atoms with Crippen LogP contribution < -0.4 is 9.80 Å². The highest BCUT2D eigenvalue weighted by Crippen LogP contribution is 2.60. The molecule has 0 saturated carbocycles. The molecule has 2 amide bonds. The molecule has 2 aliphatic heterocycles. The fourth-order valence-electron chi connectivity index (χ4n) is 6.42. The van der Waals surface area contributed by atoms with E-state index in [1.54, 1.807) is 41.1 Å². The van der Waals surface area contributed by atoms with Crippen molar-refractivity contribution in [3.8, 4) is 0 Å². The van der Waals surface area contributed by atoms with Crippen LogP contribution in [0, 0.1) is 5.92 Å². The van der Waals surface area contributed by atoms with E-state index >= 15 is 4.11 Å². The molecule has 0 bridgehead atoms. The molecule has 204 valence electrons. The average molecular weight is 567 g/mol. The molecule has 3 aromatic rings. The first-order valence-electron chi connectivity index (χ1n) is 13.1. The highest BCUT2D eigenvalue weighted by molar-refractivity contribution is 6.72. The van der Waals surface area contributed by atoms with Gasteiger partial charge in [0.2, 0.25) is 14.8 Å². The van der Waals surface area contributed by atoms with Gasteiger partial charge in [0, 0.05) is 40.0 Å². The van der Waals surface area contributed by atoms with Crippen LogP contribution in [-0.4, -0.2) is 38.5 Å². The summed E-state index contributed by atoms with van der Waals surface area (Å²) in [5.74, 6) is -0.720. The fraction of sp³-hybridized carbons (Fsp3) is 0.333. The summed E-state index contributed by atoms with van der Waals surface area (Å²) >= 11 is 6.41. The normalized spacial score (nSPS) is 24.3. The lowest BCUT2D eigenvalue weighted by Gasteiger charge is -2.31. The zero-order valence-corrected chi connectivity index (χ0v) is 23.9. The average Bonchev–Trinajstić information content (AvgIpc) is 3.32. The van der Waals surface area contributed by atoms with E-state index in [0.29, 0.717) is 22.0 Å². The molecule has 1 fully saturated rings. The van der Waals surface area contributed by atoms with E-state index in [4.69, 9.17) is 16.3 Å². The van der Waals surface area contributed by atoms with Crippen molar-refractivity contribution in [2.75, 3.05) is 16.4 Å². The number of anilines is 3. The number of benzene rings is 3. The molecule has 4 atom stereocenters. The number of rotatable bonds is 8. The van der Waals surface area contributed by atoms with E-state index in [0.717, 1.165) is 17.7 Å². The van der Waals surface area contributed by atoms with E-state index in [-0.39, 0.29) is 25.5 Å². The Labute approximate surface area is 234 Å². The molecule has 1 N–H and O–H groups in total. The number of aliphatic hydroxyl groups excluding tert-OH is 1. The maximum absolute atomic E-state index is 15.7. The molecule has 1 spiro atoms. The smallest absolute Gasteiger partial charge is 0.264 e. The predicted octanol–water partition coefficient (Wildman–Crippen LogP) is 6.34. The molecule has 2 aliphatic rings. The number of para-hydroxylation sites is 1. The molecule has 1 saturated heterocycles. The molecule has 3 aromatic carbocycles. The number of nitrogens with zero attached hydrogens (tertiary/aromatic N) is 2. The van der Waals surface area contributed by atoms with Crippen LogP contribution in [0.5, 0.6) is 0 Å². The Kier molecular flexibility index (Phi) is 7.41. The van der Waals surface area contributed by atoms with Gasteiger partial charge in [0.25, 0.3) is 5.91 Å². The maximum Gasteiger partial charge on any atom is 0.264 e. The van der Waals surface area contributed by atoms with Crippen molar-refractivity contribution < 1.29 is 23.5 Å². The van der Waals surface area contributed by atoms with Crippen molar-refractivity contribution in [1.29, 1.82) is 0 Å². The van der Waals surface area contributed by atoms with Gasteiger partial charge in [-0.25, -0.2) is 0 Å². The van der Waals surface area contributed by atoms with Gasteiger partial charge in [0.05, 0.1) is 18.3 Å². The van der Waals surface area contributed by atoms with Crippen LogP contribution in [0.1, 0.15) is 24.5 Å². The summed E-state index contributed by atoms with van der Waals surface area (Å²) in [5.41, 5.74) is 1.65. The minimum Gasteiger partial charge on any atom is -0.396 e. The third kappa shape index (κ3) is 4.69. The molecular weight excluding hydrogens is 535 g/mol. The number of carbonyl (C=O) groups is 2. The number of halogens is 2. The molecule has 0 aromatic heterocycles. The quantitative estimate of drug-likeness (QED) is 0.196. The summed E-state index contributed by atoms with van der Waals surface area (Å²) in [5, 5.41) is 10.2. The molecule has 2 heterocycles. The standard InChI is InChI=1S/C30H32ClFN2O4Si/c1-20-28(39(2,3)32)27(14-15-35)38-30(20)25-17-22(31)12-13-26(25)33(29(30)37)18-21-8-7-11-24(16-21)34(19-36)23-9-5-4-6-10-23/h4-13,16-17,19-20,27-28,35H,14-15,18H2,1-3H3/t20-,27+,28-,30+/m0/s1. The zero-order chi connectivity index (χ0) is 27.9. The van der Waals surface area contributed by atoms with E-state index < -0.39 is 31.6 Å². The minimum atomic E-state index is -3.28. The van der Waals surface area contributed by atoms with Crippen LogP contribution in [0.15, 0.2) is 72.8 Å². The first kappa shape index (κ1) is 27.5. The Morgan fingerprint density at radius 1 is 1.10 bits per heavy atom. The van der Waals surface area contributed by atoms with Crippen LogP contribution in [-0.2, 0) is 26.5 Å². The van der Waals surface area contributed by atoms with E-state index in [2.05, 4.69) is 0 Å². The van der Waals surface area contributed by atoms with Crippen molar-refractivity contribution >= 4 is 49.4 Å². The number of amides is 2. The predicted molar refractivity (Wildman–Crippen MR) is 153 cm³/mol. The van der Waals surface area contributed by atoms with Gasteiger partial charge in [0.1, 0.15) is 0 Å². The molecule has 6 nitrogen and oxygen atoms in total. The maximum atomic E-state index is 15.7. The zero-order valence-electron chi connectivity index (χ0n) is 22.2. The summed E-state index contributed by atoms with van der Waals surface area (Å²) in [4.78, 5) is 29.6. The third-order valence-electron chi connectivity index (χ3n) is 8.01. The summed E-state index contributed by atoms with van der Waals surface area (Å²) < 4.78 is 22.2. The monoisotopic (exact) mass is 566 g/mol. The van der Waals surface area contributed by atoms with Crippen LogP contribution in [0.3, 0.4) is 0 Å². The minimum absolute atomic E-state index is 0.157. The van der Waals surface area contributed by atoms with E-state index in [9.17, 15) is 14.7 Å². The Morgan fingerprint density at radius 2 is 1.82 bits per heavy atom. The third-order valence-corrected chi connectivity index (χ3v) is 10.7. The Morgan fingerprint density at radius 3 is 2.49 bits per heavy atom. The van der Waals surface area contributed by atoms with Gasteiger partial charge in [-0.05, 0) is 67.5 Å². The Bertz CT molecular complexity index is 1380. The first-order chi connectivity index (χ1) is 18.6. The molecular formula is C30H32ClFN2O4Si. The molecule has 0 unspecified atom stereocenters. The lowest BCUT2D eigenvalue weighted by atomic mass is 9.82. The summed E-state index contributed by atoms with van der Waals surface area (Å²) in [6, 6.07) is 22.1. The summed E-state index contributed by atoms with van der Waals surface area (Å²) in [7, 11) is -3.28. The van der Waals surface area contributed by atoms with Crippen LogP contribution in [0.25, 0.3) is 0 Å². The van der Waals surface area contributed by atoms with Crippen molar-refractivity contribution in [2.45, 2.75) is 50.2 Å². The number of carbonyl (C=O) groups excluding carboxylic acids is 2. The van der Waals surface area contributed by atoms with E-state index in [1.165, 1.54) is 0 Å². The largest absolute Gasteiger partial charge is 0.396 e. The molecule has 39 heavy (non-hydrogen) atoms. The van der Waals surface area contributed by atoms with Gasteiger partial charge in [-0.1, -0.05) is 48.9 Å². The molecule has 9 heteroatoms. The lowest BCUT2D eigenvalue weighted by molar-refractivity contribution is -0.146. The topological polar surface area (TPSA) is 70.1 Å². The van der Waals surface area contributed by atoms with Crippen molar-refractivity contribution in [3.05, 3.63) is 88.9 Å². The number of aliphatic hydroxyl groups is 1. The van der Waals surface area contributed by atoms with Crippen molar-refractivity contribution in [2.24, 2.45) is 5.92 Å². The van der Waals surface area contributed by atoms with Crippen LogP contribution >= 0.6 is 11.6 Å². The SMILES string of the molecule is C[C@H]1[C@H]([Si](C)(C)F)[C@@H](CCO)O[C@]12C(=O)N(Cc1cccc(N(C=O)c3ccccc3)c1)c1ccc(Cl)cc12. The van der Waals surface area contributed by atoms with Gasteiger partial charge >= 0.3 is 0 Å². The molecule has 0 radical (unpaired) electrons. The van der Waals surface area contributed by atoms with Gasteiger partial charge < -0.3 is 18.9 Å². The Hall–Kier alpha value is -3.04. The second-order valence-corrected chi connectivity index (χ2v) is 15.0. The highest BCUT2D eigenvalue weighted by Gasteiger charge is 2.66. The van der Waals surface area contributed by atoms with Crippen molar-refractivity contribution in [3.63, 3.8) is 0 Å². The van der Waals surface area contributed by atoms with Crippen LogP contribution in [0.4, 0.5) is 21.2 Å². The molecule has 5 rings (SSSR count). The Balaban J connectivity index is 1.54. The number of hydrogen-bond acceptors (Lipinski definition) is 4. The van der Waals surface area contributed by atoms with Crippen molar-refractivity contribution in [1.82, 2.24) is 0 Å². The van der Waals surface area contributed by atoms with Gasteiger partial charge in [-0.3, -0.25) is 14.5 Å². The van der Waals surface area contributed by atoms with Gasteiger partial charge in [-0.2, -0.15) is 0 Å². The fourth-order valence-corrected chi connectivity index (χ4v) is 9.13. The number of hydrogen-bond donors (Lipinski definition) is 1. The second kappa shape index (κ2) is 10.5. The van der Waals surface area contributed by atoms with E-state index in [1.807, 2.05) is 61.5 Å².